The Kier molecular flexibility index (Phi) is 5.09. The Labute approximate surface area is 152 Å². The average Bonchev–Trinajstić information content (AvgIpc) is 3.14. The maximum Gasteiger partial charge on any atom is 0.261 e. The molecule has 0 fully saturated rings. The number of hydrogen-bond acceptors (Lipinski definition) is 4. The molecule has 7 heteroatoms. The summed E-state index contributed by atoms with van der Waals surface area (Å²) in [5.41, 5.74) is 0.745. The van der Waals surface area contributed by atoms with Gasteiger partial charge in [-0.15, -0.1) is 0 Å². The molecule has 1 aromatic heterocycles. The molecule has 0 bridgehead atoms. The SMILES string of the molecule is CN(Cc1ccco1)C(=O)c1cccc(S(=O)(=O)Nc2ccccc2)c1. The summed E-state index contributed by atoms with van der Waals surface area (Å²) in [6, 6.07) is 18.1. The number of benzene rings is 2. The summed E-state index contributed by atoms with van der Waals surface area (Å²) < 4.78 is 32.8. The Morgan fingerprint density at radius 3 is 2.50 bits per heavy atom. The summed E-state index contributed by atoms with van der Waals surface area (Å²) in [5.74, 6) is 0.355. The second kappa shape index (κ2) is 7.45. The fourth-order valence-electron chi connectivity index (χ4n) is 2.45. The van der Waals surface area contributed by atoms with Crippen LogP contribution in [0, 0.1) is 0 Å². The fourth-order valence-corrected chi connectivity index (χ4v) is 3.55. The van der Waals surface area contributed by atoms with Gasteiger partial charge in [0.15, 0.2) is 0 Å². The second-order valence-corrected chi connectivity index (χ2v) is 7.42. The number of rotatable bonds is 6. The average molecular weight is 370 g/mol. The number of anilines is 1. The molecule has 1 heterocycles. The van der Waals surface area contributed by atoms with Crippen molar-refractivity contribution in [1.82, 2.24) is 4.90 Å². The zero-order valence-electron chi connectivity index (χ0n) is 14.1. The summed E-state index contributed by atoms with van der Waals surface area (Å²) in [7, 11) is -2.15. The molecule has 3 aromatic rings. The number of nitrogens with zero attached hydrogens (tertiary/aromatic N) is 1. The lowest BCUT2D eigenvalue weighted by molar-refractivity contribution is 0.0775. The van der Waals surface area contributed by atoms with Crippen LogP contribution in [-0.2, 0) is 16.6 Å². The van der Waals surface area contributed by atoms with E-state index in [1.54, 1.807) is 61.6 Å². The molecule has 1 amide bonds. The zero-order valence-corrected chi connectivity index (χ0v) is 14.9. The van der Waals surface area contributed by atoms with E-state index in [9.17, 15) is 13.2 Å². The molecule has 3 rings (SSSR count). The number of sulfonamides is 1. The van der Waals surface area contributed by atoms with E-state index in [1.807, 2.05) is 0 Å². The van der Waals surface area contributed by atoms with E-state index < -0.39 is 10.0 Å². The fraction of sp³-hybridized carbons (Fsp3) is 0.105. The number of furan rings is 1. The minimum Gasteiger partial charge on any atom is -0.467 e. The number of carbonyl (C=O) groups excluding carboxylic acids is 1. The minimum atomic E-state index is -3.78. The van der Waals surface area contributed by atoms with Crippen molar-refractivity contribution < 1.29 is 17.6 Å². The molecule has 0 atom stereocenters. The standard InChI is InChI=1S/C19H18N2O4S/c1-21(14-17-10-6-12-25-17)19(22)15-7-5-11-18(13-15)26(23,24)20-16-8-3-2-4-9-16/h2-13,20H,14H2,1H3. The molecule has 1 N–H and O–H groups in total. The summed E-state index contributed by atoms with van der Waals surface area (Å²) in [5, 5.41) is 0. The summed E-state index contributed by atoms with van der Waals surface area (Å²) in [6.07, 6.45) is 1.54. The monoisotopic (exact) mass is 370 g/mol. The van der Waals surface area contributed by atoms with Crippen molar-refractivity contribution in [2.24, 2.45) is 0 Å². The molecule has 0 radical (unpaired) electrons. The molecule has 0 aliphatic rings. The lowest BCUT2D eigenvalue weighted by Gasteiger charge is -2.16. The highest BCUT2D eigenvalue weighted by Gasteiger charge is 2.18. The number of carbonyl (C=O) groups is 1. The van der Waals surface area contributed by atoms with Gasteiger partial charge in [0, 0.05) is 18.3 Å². The largest absolute Gasteiger partial charge is 0.467 e. The molecule has 26 heavy (non-hydrogen) atoms. The van der Waals surface area contributed by atoms with E-state index in [0.717, 1.165) is 0 Å². The molecule has 0 spiro atoms. The van der Waals surface area contributed by atoms with Gasteiger partial charge < -0.3 is 9.32 Å². The van der Waals surface area contributed by atoms with Crippen molar-refractivity contribution in [3.05, 3.63) is 84.3 Å². The lowest BCUT2D eigenvalue weighted by Crippen LogP contribution is -2.26. The van der Waals surface area contributed by atoms with Crippen LogP contribution in [0.25, 0.3) is 0 Å². The highest BCUT2D eigenvalue weighted by Crippen LogP contribution is 2.18. The van der Waals surface area contributed by atoms with Crippen molar-refractivity contribution in [3.63, 3.8) is 0 Å². The molecular weight excluding hydrogens is 352 g/mol. The Bertz CT molecular complexity index is 983. The van der Waals surface area contributed by atoms with E-state index in [2.05, 4.69) is 4.72 Å². The van der Waals surface area contributed by atoms with E-state index >= 15 is 0 Å². The lowest BCUT2D eigenvalue weighted by atomic mass is 10.2. The van der Waals surface area contributed by atoms with Crippen molar-refractivity contribution in [2.75, 3.05) is 11.8 Å². The van der Waals surface area contributed by atoms with E-state index in [1.165, 1.54) is 23.3 Å². The molecule has 6 nitrogen and oxygen atoms in total. The third kappa shape index (κ3) is 4.12. The van der Waals surface area contributed by atoms with Crippen LogP contribution >= 0.6 is 0 Å². The van der Waals surface area contributed by atoms with Crippen molar-refractivity contribution >= 4 is 21.6 Å². The van der Waals surface area contributed by atoms with Crippen LogP contribution in [0.1, 0.15) is 16.1 Å². The van der Waals surface area contributed by atoms with Crippen LogP contribution < -0.4 is 4.72 Å². The second-order valence-electron chi connectivity index (χ2n) is 5.74. The Morgan fingerprint density at radius 2 is 1.81 bits per heavy atom. The van der Waals surface area contributed by atoms with Gasteiger partial charge in [0.25, 0.3) is 15.9 Å². The number of amides is 1. The van der Waals surface area contributed by atoms with Crippen LogP contribution in [-0.4, -0.2) is 26.3 Å². The van der Waals surface area contributed by atoms with Crippen molar-refractivity contribution in [1.29, 1.82) is 0 Å². The van der Waals surface area contributed by atoms with Crippen LogP contribution in [0.15, 0.2) is 82.3 Å². The first-order valence-electron chi connectivity index (χ1n) is 7.91. The minimum absolute atomic E-state index is 0.0265. The molecule has 0 unspecified atom stereocenters. The van der Waals surface area contributed by atoms with Crippen LogP contribution in [0.3, 0.4) is 0 Å². The first-order valence-corrected chi connectivity index (χ1v) is 9.40. The van der Waals surface area contributed by atoms with Crippen molar-refractivity contribution in [3.8, 4) is 0 Å². The first kappa shape index (κ1) is 17.8. The Hall–Kier alpha value is -3.06. The summed E-state index contributed by atoms with van der Waals surface area (Å²) >= 11 is 0. The molecule has 0 aliphatic carbocycles. The topological polar surface area (TPSA) is 79.6 Å². The highest BCUT2D eigenvalue weighted by molar-refractivity contribution is 7.92. The highest BCUT2D eigenvalue weighted by atomic mass is 32.2. The van der Waals surface area contributed by atoms with E-state index in [0.29, 0.717) is 18.0 Å². The first-order chi connectivity index (χ1) is 12.5. The number of para-hydroxylation sites is 1. The van der Waals surface area contributed by atoms with Gasteiger partial charge in [-0.3, -0.25) is 9.52 Å². The van der Waals surface area contributed by atoms with Gasteiger partial charge in [-0.25, -0.2) is 8.42 Å². The van der Waals surface area contributed by atoms with E-state index in [-0.39, 0.29) is 16.4 Å². The summed E-state index contributed by atoms with van der Waals surface area (Å²) in [4.78, 5) is 14.1. The van der Waals surface area contributed by atoms with E-state index in [4.69, 9.17) is 4.42 Å². The van der Waals surface area contributed by atoms with Crippen LogP contribution in [0.5, 0.6) is 0 Å². The number of nitrogens with one attached hydrogen (secondary N) is 1. The van der Waals surface area contributed by atoms with Gasteiger partial charge in [-0.1, -0.05) is 24.3 Å². The van der Waals surface area contributed by atoms with Gasteiger partial charge in [0.2, 0.25) is 0 Å². The quantitative estimate of drug-likeness (QED) is 0.722. The molecule has 134 valence electrons. The third-order valence-corrected chi connectivity index (χ3v) is 5.12. The normalized spacial score (nSPS) is 11.1. The maximum atomic E-state index is 12.6. The van der Waals surface area contributed by atoms with Gasteiger partial charge in [-0.05, 0) is 42.5 Å². The van der Waals surface area contributed by atoms with Gasteiger partial charge in [-0.2, -0.15) is 0 Å². The van der Waals surface area contributed by atoms with Crippen LogP contribution in [0.2, 0.25) is 0 Å². The Balaban J connectivity index is 1.80. The summed E-state index contributed by atoms with van der Waals surface area (Å²) in [6.45, 7) is 0.297. The van der Waals surface area contributed by atoms with Gasteiger partial charge in [0.05, 0.1) is 17.7 Å². The zero-order chi connectivity index (χ0) is 18.6. The molecule has 0 aliphatic heterocycles. The third-order valence-electron chi connectivity index (χ3n) is 3.74. The Morgan fingerprint density at radius 1 is 1.04 bits per heavy atom. The maximum absolute atomic E-state index is 12.6. The molecule has 2 aromatic carbocycles. The van der Waals surface area contributed by atoms with Crippen LogP contribution in [0.4, 0.5) is 5.69 Å². The smallest absolute Gasteiger partial charge is 0.261 e. The van der Waals surface area contributed by atoms with Gasteiger partial charge in [0.1, 0.15) is 5.76 Å². The molecule has 0 saturated heterocycles. The predicted octanol–water partition coefficient (Wildman–Crippen LogP) is 3.35. The predicted molar refractivity (Wildman–Crippen MR) is 98.2 cm³/mol. The van der Waals surface area contributed by atoms with Gasteiger partial charge >= 0.3 is 0 Å². The molecular formula is C19H18N2O4S. The number of hydrogen-bond donors (Lipinski definition) is 1. The van der Waals surface area contributed by atoms with Crippen molar-refractivity contribution in [2.45, 2.75) is 11.4 Å². The molecule has 0 saturated carbocycles.